The number of para-hydroxylation sites is 1. The Morgan fingerprint density at radius 3 is 2.06 bits per heavy atom. The number of fused-ring (bicyclic) bond motifs is 1. The average molecular weight is 472 g/mol. The number of hydrogen-bond donors (Lipinski definition) is 2. The standard InChI is InChI=1S/C28H33N5O2/c1-31(2)23-13-9-21(10-14-23)26(33-18-17-20-7-5-6-8-25(20)33)19-29-27(34)28(35)30-22-11-15-24(16-12-22)32(3)4/h5-16,26H,17-19H2,1-4H3,(H,29,34)(H,30,35). The van der Waals surface area contributed by atoms with Gasteiger partial charge < -0.3 is 25.3 Å². The van der Waals surface area contributed by atoms with Crippen molar-refractivity contribution in [2.24, 2.45) is 0 Å². The maximum atomic E-state index is 12.7. The van der Waals surface area contributed by atoms with E-state index in [2.05, 4.69) is 62.9 Å². The van der Waals surface area contributed by atoms with Gasteiger partial charge in [-0.3, -0.25) is 9.59 Å². The van der Waals surface area contributed by atoms with Gasteiger partial charge in [-0.1, -0.05) is 30.3 Å². The number of carbonyl (C=O) groups excluding carboxylic acids is 2. The number of amides is 2. The van der Waals surface area contributed by atoms with Crippen molar-refractivity contribution in [3.8, 4) is 0 Å². The summed E-state index contributed by atoms with van der Waals surface area (Å²) >= 11 is 0. The van der Waals surface area contributed by atoms with Crippen molar-refractivity contribution in [2.75, 3.05) is 61.3 Å². The van der Waals surface area contributed by atoms with Gasteiger partial charge in [-0.2, -0.15) is 0 Å². The summed E-state index contributed by atoms with van der Waals surface area (Å²) in [6, 6.07) is 24.0. The van der Waals surface area contributed by atoms with Crippen LogP contribution in [0.1, 0.15) is 17.2 Å². The molecule has 1 aliphatic rings. The Balaban J connectivity index is 1.48. The minimum absolute atomic E-state index is 0.0917. The van der Waals surface area contributed by atoms with E-state index in [1.807, 2.05) is 51.3 Å². The van der Waals surface area contributed by atoms with E-state index in [1.165, 1.54) is 11.3 Å². The highest BCUT2D eigenvalue weighted by Crippen LogP contribution is 2.35. The maximum Gasteiger partial charge on any atom is 0.313 e. The van der Waals surface area contributed by atoms with Crippen LogP contribution < -0.4 is 25.3 Å². The molecule has 0 aliphatic carbocycles. The monoisotopic (exact) mass is 471 g/mol. The predicted molar refractivity (Wildman–Crippen MR) is 143 cm³/mol. The molecule has 0 saturated heterocycles. The molecule has 7 heteroatoms. The Morgan fingerprint density at radius 2 is 1.43 bits per heavy atom. The van der Waals surface area contributed by atoms with Crippen LogP contribution in [-0.4, -0.2) is 53.1 Å². The summed E-state index contributed by atoms with van der Waals surface area (Å²) in [6.07, 6.45) is 0.958. The topological polar surface area (TPSA) is 67.9 Å². The van der Waals surface area contributed by atoms with Gasteiger partial charge in [-0.25, -0.2) is 0 Å². The number of rotatable bonds is 7. The number of anilines is 4. The summed E-state index contributed by atoms with van der Waals surface area (Å²) < 4.78 is 0. The number of nitrogens with zero attached hydrogens (tertiary/aromatic N) is 3. The number of carbonyl (C=O) groups is 2. The first-order valence-corrected chi connectivity index (χ1v) is 11.8. The van der Waals surface area contributed by atoms with E-state index < -0.39 is 11.8 Å². The van der Waals surface area contributed by atoms with Crippen LogP contribution in [-0.2, 0) is 16.0 Å². The molecule has 0 bridgehead atoms. The van der Waals surface area contributed by atoms with Gasteiger partial charge in [0, 0.05) is 64.0 Å². The molecule has 0 spiro atoms. The first-order chi connectivity index (χ1) is 16.8. The Hall–Kier alpha value is -4.00. The molecule has 3 aromatic carbocycles. The minimum Gasteiger partial charge on any atom is -0.378 e. The number of benzene rings is 3. The number of hydrogen-bond acceptors (Lipinski definition) is 5. The lowest BCUT2D eigenvalue weighted by Gasteiger charge is -2.31. The van der Waals surface area contributed by atoms with E-state index >= 15 is 0 Å². The van der Waals surface area contributed by atoms with Gasteiger partial charge in [0.1, 0.15) is 0 Å². The zero-order valence-corrected chi connectivity index (χ0v) is 20.8. The third kappa shape index (κ3) is 5.57. The van der Waals surface area contributed by atoms with Crippen molar-refractivity contribution < 1.29 is 9.59 Å². The first-order valence-electron chi connectivity index (χ1n) is 11.8. The lowest BCUT2D eigenvalue weighted by Crippen LogP contribution is -2.41. The summed E-state index contributed by atoms with van der Waals surface area (Å²) in [6.45, 7) is 1.18. The van der Waals surface area contributed by atoms with Crippen molar-refractivity contribution in [2.45, 2.75) is 12.5 Å². The molecule has 1 unspecified atom stereocenters. The molecule has 1 aliphatic heterocycles. The largest absolute Gasteiger partial charge is 0.378 e. The maximum absolute atomic E-state index is 12.7. The SMILES string of the molecule is CN(C)c1ccc(NC(=O)C(=O)NCC(c2ccc(N(C)C)cc2)N2CCc3ccccc32)cc1. The fraction of sp³-hybridized carbons (Fsp3) is 0.286. The van der Waals surface area contributed by atoms with Crippen LogP contribution in [0.25, 0.3) is 0 Å². The highest BCUT2D eigenvalue weighted by Gasteiger charge is 2.28. The zero-order chi connectivity index (χ0) is 24.9. The molecule has 35 heavy (non-hydrogen) atoms. The van der Waals surface area contributed by atoms with Crippen LogP contribution in [0.5, 0.6) is 0 Å². The Bertz CT molecular complexity index is 1170. The summed E-state index contributed by atoms with van der Waals surface area (Å²) in [5.41, 5.74) is 6.27. The van der Waals surface area contributed by atoms with Gasteiger partial charge in [0.05, 0.1) is 6.04 Å². The second kappa shape index (κ2) is 10.5. The summed E-state index contributed by atoms with van der Waals surface area (Å²) in [4.78, 5) is 31.6. The Morgan fingerprint density at radius 1 is 0.829 bits per heavy atom. The Labute approximate surface area is 207 Å². The molecule has 0 radical (unpaired) electrons. The van der Waals surface area contributed by atoms with Gasteiger partial charge in [-0.15, -0.1) is 0 Å². The molecule has 4 rings (SSSR count). The van der Waals surface area contributed by atoms with Crippen molar-refractivity contribution in [1.29, 1.82) is 0 Å². The zero-order valence-electron chi connectivity index (χ0n) is 20.8. The van der Waals surface area contributed by atoms with Crippen molar-refractivity contribution in [1.82, 2.24) is 5.32 Å². The highest BCUT2D eigenvalue weighted by atomic mass is 16.2. The molecule has 3 aromatic rings. The quantitative estimate of drug-likeness (QED) is 0.515. The molecule has 2 amide bonds. The van der Waals surface area contributed by atoms with Crippen molar-refractivity contribution in [3.63, 3.8) is 0 Å². The lowest BCUT2D eigenvalue weighted by atomic mass is 10.0. The van der Waals surface area contributed by atoms with Crippen LogP contribution in [0.15, 0.2) is 72.8 Å². The minimum atomic E-state index is -0.675. The third-order valence-electron chi connectivity index (χ3n) is 6.40. The van der Waals surface area contributed by atoms with Crippen LogP contribution >= 0.6 is 0 Å². The van der Waals surface area contributed by atoms with Gasteiger partial charge in [0.15, 0.2) is 0 Å². The lowest BCUT2D eigenvalue weighted by molar-refractivity contribution is -0.136. The fourth-order valence-corrected chi connectivity index (χ4v) is 4.39. The van der Waals surface area contributed by atoms with Crippen molar-refractivity contribution >= 4 is 34.6 Å². The van der Waals surface area contributed by atoms with Gasteiger partial charge in [0.25, 0.3) is 0 Å². The van der Waals surface area contributed by atoms with E-state index in [1.54, 1.807) is 12.1 Å². The van der Waals surface area contributed by atoms with E-state index in [9.17, 15) is 9.59 Å². The van der Waals surface area contributed by atoms with Gasteiger partial charge in [0.2, 0.25) is 0 Å². The van der Waals surface area contributed by atoms with Crippen LogP contribution in [0.4, 0.5) is 22.7 Å². The molecule has 0 fully saturated rings. The second-order valence-electron chi connectivity index (χ2n) is 9.18. The predicted octanol–water partition coefficient (Wildman–Crippen LogP) is 3.68. The molecule has 2 N–H and O–H groups in total. The molecule has 1 atom stereocenters. The summed E-state index contributed by atoms with van der Waals surface area (Å²) in [5.74, 6) is -1.32. The molecule has 1 heterocycles. The summed E-state index contributed by atoms with van der Waals surface area (Å²) in [7, 11) is 7.92. The fourth-order valence-electron chi connectivity index (χ4n) is 4.39. The van der Waals surface area contributed by atoms with E-state index in [4.69, 9.17) is 0 Å². The third-order valence-corrected chi connectivity index (χ3v) is 6.40. The summed E-state index contributed by atoms with van der Waals surface area (Å²) in [5, 5.41) is 5.55. The second-order valence-corrected chi connectivity index (χ2v) is 9.18. The van der Waals surface area contributed by atoms with Crippen LogP contribution in [0, 0.1) is 0 Å². The first kappa shape index (κ1) is 24.1. The van der Waals surface area contributed by atoms with Gasteiger partial charge in [-0.05, 0) is 60.0 Å². The van der Waals surface area contributed by atoms with Crippen LogP contribution in [0.3, 0.4) is 0 Å². The Kier molecular flexibility index (Phi) is 7.25. The smallest absolute Gasteiger partial charge is 0.313 e. The van der Waals surface area contributed by atoms with E-state index in [0.717, 1.165) is 29.9 Å². The highest BCUT2D eigenvalue weighted by molar-refractivity contribution is 6.39. The molecular weight excluding hydrogens is 438 g/mol. The normalized spacial score (nSPS) is 13.1. The van der Waals surface area contributed by atoms with Crippen molar-refractivity contribution in [3.05, 3.63) is 83.9 Å². The van der Waals surface area contributed by atoms with E-state index in [-0.39, 0.29) is 6.04 Å². The molecule has 7 nitrogen and oxygen atoms in total. The molecule has 182 valence electrons. The van der Waals surface area contributed by atoms with Gasteiger partial charge >= 0.3 is 11.8 Å². The molecule has 0 aromatic heterocycles. The average Bonchev–Trinajstić information content (AvgIpc) is 3.28. The van der Waals surface area contributed by atoms with Crippen LogP contribution in [0.2, 0.25) is 0 Å². The molecular formula is C28H33N5O2. The molecule has 0 saturated carbocycles. The number of nitrogens with one attached hydrogen (secondary N) is 2. The van der Waals surface area contributed by atoms with E-state index in [0.29, 0.717) is 12.2 Å².